The van der Waals surface area contributed by atoms with Crippen LogP contribution in [-0.4, -0.2) is 64.8 Å². The molecule has 0 radical (unpaired) electrons. The van der Waals surface area contributed by atoms with Crippen LogP contribution >= 0.6 is 22.4 Å². The Balaban J connectivity index is 1.70. The standard InChI is InChI=1S/C21H20ClFN4O6S2/c22-14-5-11(1-2-15(14)23)26-20-13-6-17(27-21(30)19-3-4-35(31,32)34-19)18(33-9-12(29)8-28)7-16(13)24-10-25-20/h1-2,5-7,10,12,19,28-29H,3-4,8-9H2,(H,27,30)(H,24,25,26). The largest absolute Gasteiger partial charge is 0.489 e. The molecule has 2 atom stereocenters. The zero-order chi connectivity index (χ0) is 25.2. The van der Waals surface area contributed by atoms with Gasteiger partial charge in [-0.15, -0.1) is 0 Å². The summed E-state index contributed by atoms with van der Waals surface area (Å²) in [7, 11) is -2.75. The van der Waals surface area contributed by atoms with E-state index in [1.54, 1.807) is 0 Å². The number of aliphatic hydroxyl groups excluding tert-OH is 2. The number of aromatic nitrogens is 2. The number of ether oxygens (including phenoxy) is 1. The van der Waals surface area contributed by atoms with E-state index in [9.17, 15) is 22.7 Å². The van der Waals surface area contributed by atoms with Gasteiger partial charge in [-0.25, -0.2) is 22.8 Å². The molecule has 3 aromatic rings. The molecule has 1 aliphatic rings. The molecule has 1 aromatic heterocycles. The molecule has 14 heteroatoms. The summed E-state index contributed by atoms with van der Waals surface area (Å²) in [5, 5.41) is 24.1. The Morgan fingerprint density at radius 3 is 2.80 bits per heavy atom. The first kappa shape index (κ1) is 25.4. The maximum atomic E-state index is 13.5. The van der Waals surface area contributed by atoms with E-state index in [-0.39, 0.29) is 35.2 Å². The Bertz CT molecular complexity index is 1380. The molecule has 0 aliphatic carbocycles. The third-order valence-electron chi connectivity index (χ3n) is 5.00. The van der Waals surface area contributed by atoms with Crippen molar-refractivity contribution in [3.8, 4) is 5.75 Å². The summed E-state index contributed by atoms with van der Waals surface area (Å²) in [6, 6.07) is 7.11. The molecule has 4 rings (SSSR count). The summed E-state index contributed by atoms with van der Waals surface area (Å²) in [5.41, 5.74) is 1.06. The molecule has 2 heterocycles. The van der Waals surface area contributed by atoms with E-state index < -0.39 is 38.6 Å². The number of halogens is 2. The lowest BCUT2D eigenvalue weighted by Crippen LogP contribution is -2.25. The monoisotopic (exact) mass is 542 g/mol. The van der Waals surface area contributed by atoms with Gasteiger partial charge in [0.2, 0.25) is 14.8 Å². The maximum Gasteiger partial charge on any atom is 0.238 e. The summed E-state index contributed by atoms with van der Waals surface area (Å²) in [6.45, 7) is -0.788. The van der Waals surface area contributed by atoms with Crippen molar-refractivity contribution in [2.75, 3.05) is 29.6 Å². The van der Waals surface area contributed by atoms with Crippen LogP contribution in [-0.2, 0) is 13.7 Å². The number of hydrogen-bond donors (Lipinski definition) is 4. The molecule has 0 bridgehead atoms. The van der Waals surface area contributed by atoms with Crippen molar-refractivity contribution in [2.45, 2.75) is 17.8 Å². The van der Waals surface area contributed by atoms with Crippen LogP contribution in [0.3, 0.4) is 0 Å². The van der Waals surface area contributed by atoms with Gasteiger partial charge in [0.05, 0.1) is 33.8 Å². The van der Waals surface area contributed by atoms with E-state index in [2.05, 4.69) is 20.6 Å². The molecule has 0 saturated carbocycles. The number of fused-ring (bicyclic) bond motifs is 1. The van der Waals surface area contributed by atoms with Gasteiger partial charge in [-0.3, -0.25) is 4.79 Å². The van der Waals surface area contributed by atoms with Crippen LogP contribution in [0.4, 0.5) is 21.6 Å². The second-order valence-corrected chi connectivity index (χ2v) is 12.4. The third-order valence-corrected chi connectivity index (χ3v) is 9.08. The van der Waals surface area contributed by atoms with Crippen LogP contribution in [0.2, 0.25) is 5.02 Å². The number of carbonyl (C=O) groups is 1. The number of carbonyl (C=O) groups excluding carboxylic acids is 1. The summed E-state index contributed by atoms with van der Waals surface area (Å²) >= 11 is 5.86. The fraction of sp³-hybridized carbons (Fsp3) is 0.286. The number of benzene rings is 2. The molecular weight excluding hydrogens is 523 g/mol. The predicted octanol–water partition coefficient (Wildman–Crippen LogP) is 2.67. The molecule has 2 unspecified atom stereocenters. The van der Waals surface area contributed by atoms with Gasteiger partial charge in [0, 0.05) is 17.1 Å². The Labute approximate surface area is 208 Å². The maximum absolute atomic E-state index is 13.5. The lowest BCUT2D eigenvalue weighted by Gasteiger charge is -2.17. The lowest BCUT2D eigenvalue weighted by atomic mass is 10.1. The minimum atomic E-state index is -3.35. The van der Waals surface area contributed by atoms with Gasteiger partial charge in [0.25, 0.3) is 0 Å². The Hall–Kier alpha value is -2.71. The second kappa shape index (κ2) is 10.5. The minimum absolute atomic E-state index is 0.0801. The van der Waals surface area contributed by atoms with Crippen LogP contribution in [0.1, 0.15) is 6.42 Å². The van der Waals surface area contributed by atoms with Crippen molar-refractivity contribution in [3.63, 3.8) is 0 Å². The van der Waals surface area contributed by atoms with Gasteiger partial charge >= 0.3 is 0 Å². The molecule has 2 aromatic carbocycles. The molecule has 35 heavy (non-hydrogen) atoms. The smallest absolute Gasteiger partial charge is 0.238 e. The lowest BCUT2D eigenvalue weighted by molar-refractivity contribution is -0.115. The number of hydrogen-bond acceptors (Lipinski definition) is 10. The van der Waals surface area contributed by atoms with Crippen molar-refractivity contribution in [3.05, 3.63) is 47.5 Å². The first-order chi connectivity index (χ1) is 16.6. The Morgan fingerprint density at radius 1 is 1.31 bits per heavy atom. The number of amides is 1. The molecule has 1 saturated heterocycles. The van der Waals surface area contributed by atoms with E-state index in [0.717, 1.165) is 0 Å². The van der Waals surface area contributed by atoms with Crippen molar-refractivity contribution in [1.29, 1.82) is 0 Å². The molecule has 186 valence electrons. The van der Waals surface area contributed by atoms with Crippen LogP contribution in [0, 0.1) is 5.82 Å². The fourth-order valence-electron chi connectivity index (χ4n) is 3.26. The first-order valence-electron chi connectivity index (χ1n) is 10.3. The molecular formula is C21H20ClFN4O6S2. The molecule has 4 N–H and O–H groups in total. The zero-order valence-corrected chi connectivity index (χ0v) is 20.3. The summed E-state index contributed by atoms with van der Waals surface area (Å²) in [4.78, 5) is 21.2. The summed E-state index contributed by atoms with van der Waals surface area (Å²) in [5.74, 6) is -0.721. The van der Waals surface area contributed by atoms with E-state index in [0.29, 0.717) is 33.2 Å². The van der Waals surface area contributed by atoms with E-state index in [4.69, 9.17) is 21.4 Å². The van der Waals surface area contributed by atoms with E-state index in [1.807, 2.05) is 0 Å². The average molecular weight is 543 g/mol. The Morgan fingerprint density at radius 2 is 2.11 bits per heavy atom. The third kappa shape index (κ3) is 6.11. The first-order valence-corrected chi connectivity index (χ1v) is 13.7. The van der Waals surface area contributed by atoms with Crippen LogP contribution in [0.15, 0.2) is 36.7 Å². The number of nitrogens with one attached hydrogen (secondary N) is 2. The highest BCUT2D eigenvalue weighted by atomic mass is 35.5. The van der Waals surface area contributed by atoms with Crippen molar-refractivity contribution < 1.29 is 32.6 Å². The van der Waals surface area contributed by atoms with E-state index in [1.165, 1.54) is 36.7 Å². The molecule has 0 spiro atoms. The molecule has 1 fully saturated rings. The average Bonchev–Trinajstić information content (AvgIpc) is 3.20. The highest BCUT2D eigenvalue weighted by Crippen LogP contribution is 2.36. The summed E-state index contributed by atoms with van der Waals surface area (Å²) in [6.07, 6.45) is 0.309. The zero-order valence-electron chi connectivity index (χ0n) is 17.9. The number of aliphatic hydroxyl groups is 2. The highest BCUT2D eigenvalue weighted by Gasteiger charge is 2.34. The topological polar surface area (TPSA) is 151 Å². The van der Waals surface area contributed by atoms with Crippen molar-refractivity contribution >= 4 is 65.3 Å². The van der Waals surface area contributed by atoms with E-state index >= 15 is 0 Å². The summed E-state index contributed by atoms with van der Waals surface area (Å²) < 4.78 is 42.7. The quantitative estimate of drug-likeness (QED) is 0.313. The van der Waals surface area contributed by atoms with Gasteiger partial charge in [-0.2, -0.15) is 0 Å². The SMILES string of the molecule is O=C(Nc1cc2c(Nc3ccc(F)c(Cl)c3)ncnc2cc1OCC(O)CO)C1CCS(=O)(=O)S1. The van der Waals surface area contributed by atoms with Gasteiger partial charge in [-0.05, 0) is 41.5 Å². The van der Waals surface area contributed by atoms with Crippen molar-refractivity contribution in [2.24, 2.45) is 0 Å². The van der Waals surface area contributed by atoms with Gasteiger partial charge in [-0.1, -0.05) is 11.6 Å². The number of nitrogens with zero attached hydrogens (tertiary/aromatic N) is 2. The molecule has 1 amide bonds. The minimum Gasteiger partial charge on any atom is -0.489 e. The van der Waals surface area contributed by atoms with Crippen LogP contribution in [0.5, 0.6) is 5.75 Å². The predicted molar refractivity (Wildman–Crippen MR) is 131 cm³/mol. The molecule has 1 aliphatic heterocycles. The van der Waals surface area contributed by atoms with Crippen molar-refractivity contribution in [1.82, 2.24) is 9.97 Å². The Kier molecular flexibility index (Phi) is 7.62. The number of rotatable bonds is 8. The normalized spacial score (nSPS) is 17.8. The van der Waals surface area contributed by atoms with Gasteiger partial charge in [0.15, 0.2) is 0 Å². The fourth-order valence-corrected chi connectivity index (χ4v) is 7.12. The van der Waals surface area contributed by atoms with Gasteiger partial charge < -0.3 is 25.6 Å². The second-order valence-electron chi connectivity index (χ2n) is 7.61. The number of anilines is 3. The van der Waals surface area contributed by atoms with Gasteiger partial charge in [0.1, 0.15) is 36.4 Å². The van der Waals surface area contributed by atoms with Crippen LogP contribution < -0.4 is 15.4 Å². The highest BCUT2D eigenvalue weighted by molar-refractivity contribution is 8.72. The molecule has 10 nitrogen and oxygen atoms in total. The van der Waals surface area contributed by atoms with Crippen LogP contribution in [0.25, 0.3) is 10.9 Å².